The summed E-state index contributed by atoms with van der Waals surface area (Å²) < 4.78 is 0. The van der Waals surface area contributed by atoms with Crippen LogP contribution in [0.2, 0.25) is 0 Å². The number of allylic oxidation sites excluding steroid dienone is 2. The highest BCUT2D eigenvalue weighted by Gasteiger charge is 2.77. The molecule has 10 nitrogen and oxygen atoms in total. The first-order valence-electron chi connectivity index (χ1n) is 15.8. The maximum absolute atomic E-state index is 14.8. The summed E-state index contributed by atoms with van der Waals surface area (Å²) >= 11 is 0. The number of fused-ring (bicyclic) bond motifs is 9. The Kier molecular flexibility index (Phi) is 5.70. The molecule has 9 rings (SSSR count). The standard InChI is InChI=1S/C37H28N4O6/c42-26-20-37(36(47)39(26)22-10-4-1-5-11-22)30-29(34(45)41(35(30)46)24-14-8-3-9-15-24)31-27-21(18-19-38(31)37)16-17-25-28(27)33(44)40(32(25)43)23-12-6-2-7-13-23/h1-16,18-19,25,27-31H,17,20H2. The van der Waals surface area contributed by atoms with Gasteiger partial charge in [-0.1, -0.05) is 60.7 Å². The van der Waals surface area contributed by atoms with Gasteiger partial charge in [0.05, 0.1) is 47.2 Å². The lowest BCUT2D eigenvalue weighted by atomic mass is 9.66. The lowest BCUT2D eigenvalue weighted by Gasteiger charge is -2.46. The summed E-state index contributed by atoms with van der Waals surface area (Å²) in [6, 6.07) is 25.1. The molecule has 10 heteroatoms. The van der Waals surface area contributed by atoms with Crippen LogP contribution in [-0.2, 0) is 28.8 Å². The van der Waals surface area contributed by atoms with Crippen LogP contribution >= 0.6 is 0 Å². The Morgan fingerprint density at radius 1 is 0.574 bits per heavy atom. The molecule has 0 saturated carbocycles. The van der Waals surface area contributed by atoms with E-state index in [0.29, 0.717) is 23.5 Å². The van der Waals surface area contributed by atoms with E-state index in [9.17, 15) is 28.8 Å². The predicted molar refractivity (Wildman–Crippen MR) is 169 cm³/mol. The second kappa shape index (κ2) is 9.68. The van der Waals surface area contributed by atoms with Gasteiger partial charge in [-0.15, -0.1) is 0 Å². The van der Waals surface area contributed by atoms with E-state index < -0.39 is 64.8 Å². The molecule has 0 radical (unpaired) electrons. The summed E-state index contributed by atoms with van der Waals surface area (Å²) in [5, 5.41) is 0. The van der Waals surface area contributed by atoms with E-state index in [4.69, 9.17) is 0 Å². The first kappa shape index (κ1) is 27.7. The van der Waals surface area contributed by atoms with E-state index >= 15 is 0 Å². The number of para-hydroxylation sites is 3. The van der Waals surface area contributed by atoms with Crippen LogP contribution in [0.1, 0.15) is 12.8 Å². The summed E-state index contributed by atoms with van der Waals surface area (Å²) in [6.45, 7) is 0. The molecule has 6 aliphatic rings. The minimum atomic E-state index is -1.70. The van der Waals surface area contributed by atoms with Gasteiger partial charge in [-0.25, -0.2) is 9.80 Å². The van der Waals surface area contributed by atoms with E-state index in [1.54, 1.807) is 96.0 Å². The number of hydrogen-bond donors (Lipinski definition) is 0. The Morgan fingerprint density at radius 2 is 1.11 bits per heavy atom. The van der Waals surface area contributed by atoms with Crippen molar-refractivity contribution in [2.45, 2.75) is 24.4 Å². The quantitative estimate of drug-likeness (QED) is 0.410. The van der Waals surface area contributed by atoms with Crippen molar-refractivity contribution in [3.05, 3.63) is 115 Å². The van der Waals surface area contributed by atoms with Gasteiger partial charge in [0.2, 0.25) is 29.5 Å². The van der Waals surface area contributed by atoms with Gasteiger partial charge in [0.1, 0.15) is 5.54 Å². The van der Waals surface area contributed by atoms with Crippen molar-refractivity contribution < 1.29 is 28.8 Å². The fraction of sp³-hybridized carbons (Fsp3) is 0.243. The Bertz CT molecular complexity index is 1980. The van der Waals surface area contributed by atoms with Crippen LogP contribution in [0.25, 0.3) is 0 Å². The van der Waals surface area contributed by atoms with Crippen molar-refractivity contribution in [2.24, 2.45) is 29.6 Å². The van der Waals surface area contributed by atoms with E-state index in [2.05, 4.69) is 0 Å². The Labute approximate surface area is 269 Å². The van der Waals surface area contributed by atoms with Crippen LogP contribution in [0.3, 0.4) is 0 Å². The number of carbonyl (C=O) groups excluding carboxylic acids is 6. The Hall–Kier alpha value is -5.64. The molecule has 7 unspecified atom stereocenters. The molecule has 0 aromatic heterocycles. The minimum Gasteiger partial charge on any atom is -0.358 e. The third kappa shape index (κ3) is 3.44. The smallest absolute Gasteiger partial charge is 0.261 e. The minimum absolute atomic E-state index is 0.311. The van der Waals surface area contributed by atoms with Gasteiger partial charge in [0.15, 0.2) is 0 Å². The molecular formula is C37H28N4O6. The molecule has 0 bridgehead atoms. The SMILES string of the molecule is O=C1CC2(C(=O)N1c1ccccc1)C1C(=O)N(c3ccccc3)C(=O)C1C1C3C(=CCC4C(=O)N(c5ccccc5)C(=O)C43)C=CN12. The van der Waals surface area contributed by atoms with Crippen LogP contribution in [-0.4, -0.2) is 51.9 Å². The summed E-state index contributed by atoms with van der Waals surface area (Å²) in [5.41, 5.74) is 0.319. The maximum Gasteiger partial charge on any atom is 0.261 e. The molecule has 5 heterocycles. The van der Waals surface area contributed by atoms with Gasteiger partial charge in [0.25, 0.3) is 5.91 Å². The molecule has 5 aliphatic heterocycles. The monoisotopic (exact) mass is 624 g/mol. The van der Waals surface area contributed by atoms with Crippen LogP contribution in [0.4, 0.5) is 17.1 Å². The van der Waals surface area contributed by atoms with Gasteiger partial charge in [-0.2, -0.15) is 0 Å². The molecule has 6 amide bonds. The fourth-order valence-electron chi connectivity index (χ4n) is 9.17. The first-order chi connectivity index (χ1) is 22.8. The molecule has 1 aliphatic carbocycles. The molecule has 47 heavy (non-hydrogen) atoms. The molecule has 3 aromatic rings. The Morgan fingerprint density at radius 3 is 1.70 bits per heavy atom. The highest BCUT2D eigenvalue weighted by Crippen LogP contribution is 2.61. The number of imide groups is 3. The second-order valence-electron chi connectivity index (χ2n) is 13.0. The van der Waals surface area contributed by atoms with Gasteiger partial charge >= 0.3 is 0 Å². The Balaban J connectivity index is 1.22. The summed E-state index contributed by atoms with van der Waals surface area (Å²) in [7, 11) is 0. The summed E-state index contributed by atoms with van der Waals surface area (Å²) in [6.07, 6.45) is 5.51. The zero-order valence-corrected chi connectivity index (χ0v) is 25.0. The zero-order chi connectivity index (χ0) is 32.2. The molecule has 1 spiro atoms. The molecule has 3 aromatic carbocycles. The van der Waals surface area contributed by atoms with Crippen molar-refractivity contribution in [1.82, 2.24) is 4.90 Å². The molecular weight excluding hydrogens is 596 g/mol. The van der Waals surface area contributed by atoms with E-state index in [-0.39, 0.29) is 18.2 Å². The number of amides is 6. The van der Waals surface area contributed by atoms with E-state index in [1.807, 2.05) is 18.2 Å². The largest absolute Gasteiger partial charge is 0.358 e. The average molecular weight is 625 g/mol. The van der Waals surface area contributed by atoms with Crippen molar-refractivity contribution >= 4 is 52.5 Å². The van der Waals surface area contributed by atoms with Crippen molar-refractivity contribution in [3.8, 4) is 0 Å². The highest BCUT2D eigenvalue weighted by atomic mass is 16.2. The van der Waals surface area contributed by atoms with E-state index in [1.165, 1.54) is 4.90 Å². The third-order valence-corrected chi connectivity index (χ3v) is 11.0. The van der Waals surface area contributed by atoms with Crippen molar-refractivity contribution in [2.75, 3.05) is 14.7 Å². The average Bonchev–Trinajstić information content (AvgIpc) is 3.73. The van der Waals surface area contributed by atoms with Gasteiger partial charge in [-0.05, 0) is 54.5 Å². The molecule has 7 atom stereocenters. The topological polar surface area (TPSA) is 115 Å². The number of hydrogen-bond acceptors (Lipinski definition) is 7. The maximum atomic E-state index is 14.8. The normalized spacial score (nSPS) is 32.3. The number of carbonyl (C=O) groups is 6. The summed E-state index contributed by atoms with van der Waals surface area (Å²) in [4.78, 5) is 91.2. The summed E-state index contributed by atoms with van der Waals surface area (Å²) in [5.74, 6) is -7.15. The highest BCUT2D eigenvalue weighted by molar-refractivity contribution is 6.30. The molecule has 4 saturated heterocycles. The first-order valence-corrected chi connectivity index (χ1v) is 15.8. The van der Waals surface area contributed by atoms with Crippen LogP contribution in [0, 0.1) is 29.6 Å². The fourth-order valence-corrected chi connectivity index (χ4v) is 9.17. The van der Waals surface area contributed by atoms with Crippen molar-refractivity contribution in [1.29, 1.82) is 0 Å². The van der Waals surface area contributed by atoms with Crippen molar-refractivity contribution in [3.63, 3.8) is 0 Å². The van der Waals surface area contributed by atoms with Crippen LogP contribution in [0.5, 0.6) is 0 Å². The lowest BCUT2D eigenvalue weighted by Crippen LogP contribution is -2.59. The number of rotatable bonds is 3. The lowest BCUT2D eigenvalue weighted by molar-refractivity contribution is -0.134. The number of benzene rings is 3. The van der Waals surface area contributed by atoms with Crippen LogP contribution < -0.4 is 14.7 Å². The van der Waals surface area contributed by atoms with E-state index in [0.717, 1.165) is 15.4 Å². The van der Waals surface area contributed by atoms with Gasteiger partial charge in [-0.3, -0.25) is 33.7 Å². The van der Waals surface area contributed by atoms with Gasteiger partial charge < -0.3 is 4.90 Å². The number of nitrogens with zero attached hydrogens (tertiary/aromatic N) is 4. The van der Waals surface area contributed by atoms with Gasteiger partial charge in [0, 0.05) is 18.2 Å². The molecule has 232 valence electrons. The molecule has 4 fully saturated rings. The van der Waals surface area contributed by atoms with Crippen LogP contribution in [0.15, 0.2) is 115 Å². The third-order valence-electron chi connectivity index (χ3n) is 11.0. The number of anilines is 3. The second-order valence-corrected chi connectivity index (χ2v) is 13.0. The zero-order valence-electron chi connectivity index (χ0n) is 25.0. The predicted octanol–water partition coefficient (Wildman–Crippen LogP) is 3.46. The molecule has 0 N–H and O–H groups in total.